The predicted molar refractivity (Wildman–Crippen MR) is 107 cm³/mol. The summed E-state index contributed by atoms with van der Waals surface area (Å²) in [4.78, 5) is 29.0. The Balaban J connectivity index is 1.43. The molecule has 1 aliphatic carbocycles. The van der Waals surface area contributed by atoms with Gasteiger partial charge in [0.1, 0.15) is 11.3 Å². The van der Waals surface area contributed by atoms with Crippen LogP contribution < -0.4 is 10.4 Å². The van der Waals surface area contributed by atoms with Gasteiger partial charge in [-0.2, -0.15) is 0 Å². The Labute approximate surface area is 165 Å². The molecule has 6 nitrogen and oxygen atoms in total. The Hall–Kier alpha value is -2.34. The highest BCUT2D eigenvalue weighted by Gasteiger charge is 2.28. The minimum atomic E-state index is -0.334. The van der Waals surface area contributed by atoms with Crippen LogP contribution in [0.3, 0.4) is 0 Å². The highest BCUT2D eigenvalue weighted by Crippen LogP contribution is 2.27. The fourth-order valence-electron chi connectivity index (χ4n) is 4.44. The number of carbonyl (C=O) groups excluding carboxylic acids is 1. The van der Waals surface area contributed by atoms with Crippen molar-refractivity contribution in [3.05, 3.63) is 40.2 Å². The Morgan fingerprint density at radius 2 is 1.86 bits per heavy atom. The number of benzene rings is 1. The molecule has 0 spiro atoms. The lowest BCUT2D eigenvalue weighted by Crippen LogP contribution is -2.50. The monoisotopic (exact) mass is 384 g/mol. The number of amides is 1. The van der Waals surface area contributed by atoms with Gasteiger partial charge >= 0.3 is 5.63 Å². The van der Waals surface area contributed by atoms with Crippen molar-refractivity contribution in [3.63, 3.8) is 0 Å². The molecule has 1 saturated heterocycles. The number of ether oxygens (including phenoxy) is 1. The quantitative estimate of drug-likeness (QED) is 0.759. The van der Waals surface area contributed by atoms with E-state index in [2.05, 4.69) is 4.90 Å². The molecule has 1 amide bonds. The Morgan fingerprint density at radius 3 is 2.57 bits per heavy atom. The van der Waals surface area contributed by atoms with Gasteiger partial charge in [-0.25, -0.2) is 4.79 Å². The number of carbonyl (C=O) groups is 1. The molecular formula is C22H28N2O4. The molecule has 0 N–H and O–H groups in total. The van der Waals surface area contributed by atoms with Crippen LogP contribution in [-0.2, 0) is 11.3 Å². The Morgan fingerprint density at radius 1 is 1.11 bits per heavy atom. The van der Waals surface area contributed by atoms with Gasteiger partial charge in [0.05, 0.1) is 7.11 Å². The van der Waals surface area contributed by atoms with Crippen molar-refractivity contribution in [1.82, 2.24) is 9.80 Å². The van der Waals surface area contributed by atoms with Crippen molar-refractivity contribution in [1.29, 1.82) is 0 Å². The van der Waals surface area contributed by atoms with Crippen molar-refractivity contribution in [2.45, 2.75) is 38.6 Å². The maximum Gasteiger partial charge on any atom is 0.336 e. The van der Waals surface area contributed by atoms with E-state index in [9.17, 15) is 9.59 Å². The van der Waals surface area contributed by atoms with Gasteiger partial charge in [0.2, 0.25) is 5.91 Å². The van der Waals surface area contributed by atoms with Crippen molar-refractivity contribution in [2.75, 3.05) is 33.3 Å². The summed E-state index contributed by atoms with van der Waals surface area (Å²) in [6, 6.07) is 7.06. The summed E-state index contributed by atoms with van der Waals surface area (Å²) in [5.74, 6) is 1.32. The highest BCUT2D eigenvalue weighted by atomic mass is 16.5. The Kier molecular flexibility index (Phi) is 5.67. The highest BCUT2D eigenvalue weighted by molar-refractivity contribution is 5.81. The van der Waals surface area contributed by atoms with Crippen molar-refractivity contribution in [3.8, 4) is 5.75 Å². The Bertz CT molecular complexity index is 893. The summed E-state index contributed by atoms with van der Waals surface area (Å²) in [5, 5.41) is 0.902. The maximum atomic E-state index is 12.7. The first-order valence-electron chi connectivity index (χ1n) is 10.3. The third-order valence-corrected chi connectivity index (χ3v) is 6.07. The third kappa shape index (κ3) is 4.07. The van der Waals surface area contributed by atoms with Crippen LogP contribution in [-0.4, -0.2) is 49.0 Å². The second kappa shape index (κ2) is 8.35. The predicted octanol–water partition coefficient (Wildman–Crippen LogP) is 3.03. The van der Waals surface area contributed by atoms with E-state index in [4.69, 9.17) is 9.15 Å². The zero-order valence-electron chi connectivity index (χ0n) is 16.5. The first kappa shape index (κ1) is 19.0. The van der Waals surface area contributed by atoms with Gasteiger partial charge in [-0.05, 0) is 36.6 Å². The first-order chi connectivity index (χ1) is 13.6. The van der Waals surface area contributed by atoms with Crippen molar-refractivity contribution >= 4 is 16.9 Å². The van der Waals surface area contributed by atoms with Crippen LogP contribution in [0.25, 0.3) is 11.0 Å². The number of rotatable bonds is 4. The number of methoxy groups -OCH3 is 1. The molecular weight excluding hydrogens is 356 g/mol. The normalized spacial score (nSPS) is 19.1. The lowest BCUT2D eigenvalue weighted by atomic mass is 9.88. The molecule has 28 heavy (non-hydrogen) atoms. The molecule has 150 valence electrons. The molecule has 0 radical (unpaired) electrons. The lowest BCUT2D eigenvalue weighted by molar-refractivity contribution is -0.138. The van der Waals surface area contributed by atoms with Gasteiger partial charge in [-0.15, -0.1) is 0 Å². The molecule has 2 aliphatic rings. The van der Waals surface area contributed by atoms with Gasteiger partial charge in [-0.1, -0.05) is 19.3 Å². The van der Waals surface area contributed by atoms with E-state index in [1.165, 1.54) is 19.3 Å². The SMILES string of the molecule is COc1ccc2oc(=O)cc(CN3CCN(C(=O)C4CCCCC4)CC3)c2c1. The molecule has 0 atom stereocenters. The van der Waals surface area contributed by atoms with Gasteiger partial charge in [0.25, 0.3) is 0 Å². The number of piperazine rings is 1. The van der Waals surface area contributed by atoms with Crippen LogP contribution in [0.4, 0.5) is 0 Å². The molecule has 1 saturated carbocycles. The summed E-state index contributed by atoms with van der Waals surface area (Å²) >= 11 is 0. The molecule has 2 fully saturated rings. The largest absolute Gasteiger partial charge is 0.497 e. The van der Waals surface area contributed by atoms with Crippen LogP contribution in [0.2, 0.25) is 0 Å². The minimum Gasteiger partial charge on any atom is -0.497 e. The van der Waals surface area contributed by atoms with Gasteiger partial charge in [0.15, 0.2) is 0 Å². The molecule has 2 aromatic rings. The van der Waals surface area contributed by atoms with Gasteiger partial charge in [-0.3, -0.25) is 9.69 Å². The zero-order chi connectivity index (χ0) is 19.5. The summed E-state index contributed by atoms with van der Waals surface area (Å²) < 4.78 is 10.6. The standard InChI is InChI=1S/C22H28N2O4/c1-27-18-7-8-20-19(14-18)17(13-21(25)28-20)15-23-9-11-24(12-10-23)22(26)16-5-3-2-4-6-16/h7-8,13-14,16H,2-6,9-12,15H2,1H3. The number of nitrogens with zero attached hydrogens (tertiary/aromatic N) is 2. The summed E-state index contributed by atoms with van der Waals surface area (Å²) in [6.07, 6.45) is 5.73. The second-order valence-electron chi connectivity index (χ2n) is 7.89. The molecule has 1 aromatic heterocycles. The fourth-order valence-corrected chi connectivity index (χ4v) is 4.44. The number of fused-ring (bicyclic) bond motifs is 1. The van der Waals surface area contributed by atoms with Gasteiger partial charge < -0.3 is 14.1 Å². The van der Waals surface area contributed by atoms with E-state index in [1.807, 2.05) is 11.0 Å². The van der Waals surface area contributed by atoms with Gasteiger partial charge in [0, 0.05) is 50.1 Å². The summed E-state index contributed by atoms with van der Waals surface area (Å²) in [5.41, 5.74) is 1.19. The summed E-state index contributed by atoms with van der Waals surface area (Å²) in [7, 11) is 1.63. The zero-order valence-corrected chi connectivity index (χ0v) is 16.5. The smallest absolute Gasteiger partial charge is 0.336 e. The van der Waals surface area contributed by atoms with E-state index in [1.54, 1.807) is 25.3 Å². The maximum absolute atomic E-state index is 12.7. The number of hydrogen-bond donors (Lipinski definition) is 0. The summed E-state index contributed by atoms with van der Waals surface area (Å²) in [6.45, 7) is 3.84. The van der Waals surface area contributed by atoms with E-state index in [0.717, 1.165) is 55.7 Å². The molecule has 6 heteroatoms. The minimum absolute atomic E-state index is 0.232. The van der Waals surface area contributed by atoms with Crippen molar-refractivity contribution < 1.29 is 13.9 Å². The number of hydrogen-bond acceptors (Lipinski definition) is 5. The molecule has 0 unspecified atom stereocenters. The first-order valence-corrected chi connectivity index (χ1v) is 10.3. The van der Waals surface area contributed by atoms with Crippen LogP contribution >= 0.6 is 0 Å². The third-order valence-electron chi connectivity index (χ3n) is 6.07. The molecule has 1 aromatic carbocycles. The lowest BCUT2D eigenvalue weighted by Gasteiger charge is -2.37. The molecule has 4 rings (SSSR count). The van der Waals surface area contributed by atoms with E-state index >= 15 is 0 Å². The topological polar surface area (TPSA) is 63.0 Å². The fraction of sp³-hybridized carbons (Fsp3) is 0.545. The average molecular weight is 384 g/mol. The van der Waals surface area contributed by atoms with E-state index in [0.29, 0.717) is 18.0 Å². The average Bonchev–Trinajstić information content (AvgIpc) is 2.74. The molecule has 2 heterocycles. The van der Waals surface area contributed by atoms with Crippen LogP contribution in [0.1, 0.15) is 37.7 Å². The van der Waals surface area contributed by atoms with Crippen LogP contribution in [0.5, 0.6) is 5.75 Å². The van der Waals surface area contributed by atoms with Crippen LogP contribution in [0, 0.1) is 5.92 Å². The van der Waals surface area contributed by atoms with E-state index < -0.39 is 0 Å². The van der Waals surface area contributed by atoms with Crippen molar-refractivity contribution in [2.24, 2.45) is 5.92 Å². The molecule has 0 bridgehead atoms. The molecule has 1 aliphatic heterocycles. The van der Waals surface area contributed by atoms with Crippen LogP contribution in [0.15, 0.2) is 33.5 Å². The van der Waals surface area contributed by atoms with E-state index in [-0.39, 0.29) is 11.5 Å². The second-order valence-corrected chi connectivity index (χ2v) is 7.89.